The van der Waals surface area contributed by atoms with Crippen molar-refractivity contribution in [3.63, 3.8) is 0 Å². The molecule has 0 spiro atoms. The van der Waals surface area contributed by atoms with Crippen molar-refractivity contribution >= 4 is 0 Å². The largest absolute Gasteiger partial charge is 0.370 e. The Hall–Kier alpha value is -1.20. The van der Waals surface area contributed by atoms with Gasteiger partial charge in [-0.3, -0.25) is 0 Å². The second-order valence-electron chi connectivity index (χ2n) is 3.98. The van der Waals surface area contributed by atoms with Crippen LogP contribution in [0, 0.1) is 0 Å². The van der Waals surface area contributed by atoms with Gasteiger partial charge < -0.3 is 14.6 Å². The van der Waals surface area contributed by atoms with Crippen LogP contribution >= 0.6 is 0 Å². The number of nitrogens with zero attached hydrogens (tertiary/aromatic N) is 2. The molecule has 2 rings (SSSR count). The molecule has 88 valence electrons. The van der Waals surface area contributed by atoms with Crippen LogP contribution in [0.4, 0.5) is 0 Å². The van der Waals surface area contributed by atoms with E-state index in [9.17, 15) is 0 Å². The third-order valence-electron chi connectivity index (χ3n) is 2.99. The summed E-state index contributed by atoms with van der Waals surface area (Å²) in [6, 6.07) is 0. The first-order chi connectivity index (χ1) is 7.80. The highest BCUT2D eigenvalue weighted by Crippen LogP contribution is 2.42. The topological polar surface area (TPSA) is 60.2 Å². The van der Waals surface area contributed by atoms with Gasteiger partial charge in [-0.05, 0) is 19.3 Å². The van der Waals surface area contributed by atoms with Crippen molar-refractivity contribution in [3.8, 4) is 0 Å². The number of aromatic nitrogens is 2. The third-order valence-corrected chi connectivity index (χ3v) is 2.99. The Morgan fingerprint density at radius 3 is 3.00 bits per heavy atom. The molecule has 0 aliphatic heterocycles. The quantitative estimate of drug-likeness (QED) is 0.583. The van der Waals surface area contributed by atoms with Crippen molar-refractivity contribution in [2.75, 3.05) is 13.7 Å². The fourth-order valence-corrected chi connectivity index (χ4v) is 1.81. The molecule has 16 heavy (non-hydrogen) atoms. The number of rotatable bonds is 6. The average Bonchev–Trinajstić information content (AvgIpc) is 2.67. The Morgan fingerprint density at radius 1 is 1.62 bits per heavy atom. The van der Waals surface area contributed by atoms with Crippen LogP contribution in [0.1, 0.15) is 31.0 Å². The summed E-state index contributed by atoms with van der Waals surface area (Å²) in [7, 11) is 1.70. The number of methoxy groups -OCH3 is 1. The van der Waals surface area contributed by atoms with Crippen LogP contribution in [0.25, 0.3) is 0 Å². The van der Waals surface area contributed by atoms with E-state index in [2.05, 4.69) is 22.0 Å². The fourth-order valence-electron chi connectivity index (χ4n) is 1.81. The molecule has 0 saturated heterocycles. The van der Waals surface area contributed by atoms with Crippen molar-refractivity contribution in [2.45, 2.75) is 31.4 Å². The molecule has 1 heterocycles. The van der Waals surface area contributed by atoms with Gasteiger partial charge in [-0.25, -0.2) is 0 Å². The molecule has 0 amide bonds. The van der Waals surface area contributed by atoms with E-state index in [-0.39, 0.29) is 5.60 Å². The maximum absolute atomic E-state index is 5.48. The second kappa shape index (κ2) is 4.76. The van der Waals surface area contributed by atoms with Crippen LogP contribution in [0.2, 0.25) is 0 Å². The lowest BCUT2D eigenvalue weighted by Gasteiger charge is -2.37. The van der Waals surface area contributed by atoms with E-state index in [0.717, 1.165) is 25.8 Å². The predicted octanol–water partition coefficient (Wildman–Crippen LogP) is 1.37. The Bertz CT molecular complexity index is 352. The van der Waals surface area contributed by atoms with E-state index < -0.39 is 0 Å². The lowest BCUT2D eigenvalue weighted by atomic mass is 9.79. The van der Waals surface area contributed by atoms with Gasteiger partial charge in [0.25, 0.3) is 0 Å². The molecule has 0 aromatic carbocycles. The fraction of sp³-hybridized carbons (Fsp3) is 0.636. The molecule has 1 aromatic heterocycles. The maximum atomic E-state index is 5.48. The monoisotopic (exact) mass is 223 g/mol. The average molecular weight is 223 g/mol. The molecule has 1 aliphatic rings. The van der Waals surface area contributed by atoms with E-state index in [1.807, 2.05) is 0 Å². The summed E-state index contributed by atoms with van der Waals surface area (Å²) in [5.74, 6) is 1.27. The van der Waals surface area contributed by atoms with Crippen LogP contribution in [0.15, 0.2) is 17.2 Å². The summed E-state index contributed by atoms with van der Waals surface area (Å²) in [5.41, 5.74) is -0.291. The standard InChI is InChI=1S/C11H17N3O2/c1-3-7-12-8-9-13-10(14-16-9)11(15-2)5-4-6-11/h3,12H,1,4-8H2,2H3. The Morgan fingerprint density at radius 2 is 2.44 bits per heavy atom. The number of nitrogens with one attached hydrogen (secondary N) is 1. The van der Waals surface area contributed by atoms with Gasteiger partial charge in [0.1, 0.15) is 5.60 Å². The van der Waals surface area contributed by atoms with Gasteiger partial charge in [0.2, 0.25) is 11.7 Å². The minimum absolute atomic E-state index is 0.291. The van der Waals surface area contributed by atoms with Crippen LogP contribution < -0.4 is 5.32 Å². The highest BCUT2D eigenvalue weighted by Gasteiger charge is 2.43. The highest BCUT2D eigenvalue weighted by molar-refractivity contribution is 5.06. The van der Waals surface area contributed by atoms with Crippen molar-refractivity contribution < 1.29 is 9.26 Å². The van der Waals surface area contributed by atoms with Crippen molar-refractivity contribution in [1.82, 2.24) is 15.5 Å². The van der Waals surface area contributed by atoms with Crippen LogP contribution in [-0.4, -0.2) is 23.8 Å². The van der Waals surface area contributed by atoms with Crippen molar-refractivity contribution in [1.29, 1.82) is 0 Å². The van der Waals surface area contributed by atoms with Gasteiger partial charge in [0.15, 0.2) is 0 Å². The summed E-state index contributed by atoms with van der Waals surface area (Å²) in [5, 5.41) is 7.10. The molecular formula is C11H17N3O2. The van der Waals surface area contributed by atoms with Gasteiger partial charge in [-0.15, -0.1) is 6.58 Å². The van der Waals surface area contributed by atoms with E-state index in [1.165, 1.54) is 0 Å². The minimum Gasteiger partial charge on any atom is -0.370 e. The zero-order chi connectivity index (χ0) is 11.4. The SMILES string of the molecule is C=CCNCc1nc(C2(OC)CCC2)no1. The third kappa shape index (κ3) is 2.01. The minimum atomic E-state index is -0.291. The van der Waals surface area contributed by atoms with Gasteiger partial charge in [-0.1, -0.05) is 11.2 Å². The Kier molecular flexibility index (Phi) is 3.36. The highest BCUT2D eigenvalue weighted by atomic mass is 16.5. The van der Waals surface area contributed by atoms with Crippen LogP contribution in [0.5, 0.6) is 0 Å². The lowest BCUT2D eigenvalue weighted by molar-refractivity contribution is -0.0858. The van der Waals surface area contributed by atoms with Gasteiger partial charge in [0.05, 0.1) is 6.54 Å². The lowest BCUT2D eigenvalue weighted by Crippen LogP contribution is -2.37. The maximum Gasteiger partial charge on any atom is 0.240 e. The molecule has 1 aliphatic carbocycles. The second-order valence-corrected chi connectivity index (χ2v) is 3.98. The first-order valence-corrected chi connectivity index (χ1v) is 5.50. The predicted molar refractivity (Wildman–Crippen MR) is 58.7 cm³/mol. The van der Waals surface area contributed by atoms with E-state index in [0.29, 0.717) is 18.3 Å². The summed E-state index contributed by atoms with van der Waals surface area (Å²) < 4.78 is 10.6. The summed E-state index contributed by atoms with van der Waals surface area (Å²) in [4.78, 5) is 4.35. The molecule has 0 atom stereocenters. The molecular weight excluding hydrogens is 206 g/mol. The zero-order valence-corrected chi connectivity index (χ0v) is 9.53. The summed E-state index contributed by atoms with van der Waals surface area (Å²) in [6.45, 7) is 4.92. The zero-order valence-electron chi connectivity index (χ0n) is 9.53. The normalized spacial score (nSPS) is 18.1. The first-order valence-electron chi connectivity index (χ1n) is 5.50. The first kappa shape index (κ1) is 11.3. The number of hydrogen-bond acceptors (Lipinski definition) is 5. The Balaban J connectivity index is 1.98. The van der Waals surface area contributed by atoms with Gasteiger partial charge in [0, 0.05) is 13.7 Å². The van der Waals surface area contributed by atoms with Crippen LogP contribution in [0.3, 0.4) is 0 Å². The van der Waals surface area contributed by atoms with E-state index in [1.54, 1.807) is 13.2 Å². The van der Waals surface area contributed by atoms with E-state index >= 15 is 0 Å². The van der Waals surface area contributed by atoms with E-state index in [4.69, 9.17) is 9.26 Å². The molecule has 5 nitrogen and oxygen atoms in total. The molecule has 5 heteroatoms. The number of ether oxygens (including phenoxy) is 1. The van der Waals surface area contributed by atoms with Crippen LogP contribution in [-0.2, 0) is 16.9 Å². The van der Waals surface area contributed by atoms with Gasteiger partial charge >= 0.3 is 0 Å². The molecule has 0 unspecified atom stereocenters. The molecule has 1 saturated carbocycles. The molecule has 1 N–H and O–H groups in total. The summed E-state index contributed by atoms with van der Waals surface area (Å²) >= 11 is 0. The molecule has 0 radical (unpaired) electrons. The Labute approximate surface area is 94.9 Å². The van der Waals surface area contributed by atoms with Crippen molar-refractivity contribution in [2.24, 2.45) is 0 Å². The molecule has 0 bridgehead atoms. The van der Waals surface area contributed by atoms with Gasteiger partial charge in [-0.2, -0.15) is 4.98 Å². The summed E-state index contributed by atoms with van der Waals surface area (Å²) in [6.07, 6.45) is 4.90. The molecule has 1 aromatic rings. The number of hydrogen-bond donors (Lipinski definition) is 1. The smallest absolute Gasteiger partial charge is 0.240 e. The van der Waals surface area contributed by atoms with Crippen molar-refractivity contribution in [3.05, 3.63) is 24.4 Å². The molecule has 1 fully saturated rings.